The fraction of sp³-hybridized carbons (Fsp3) is 1.00. The van der Waals surface area contributed by atoms with Gasteiger partial charge in [-0.25, -0.2) is 4.39 Å². The van der Waals surface area contributed by atoms with Crippen LogP contribution in [0.1, 0.15) is 13.3 Å². The first-order chi connectivity index (χ1) is 5.98. The number of hydrogen-bond acceptors (Lipinski definition) is 1. The van der Waals surface area contributed by atoms with E-state index in [1.807, 2.05) is 12.6 Å². The fourth-order valence-corrected chi connectivity index (χ4v) is 0.803. The Labute approximate surface area is 80.9 Å². The van der Waals surface area contributed by atoms with Crippen molar-refractivity contribution in [3.8, 4) is 0 Å². The lowest BCUT2D eigenvalue weighted by Crippen LogP contribution is -2.56. The second-order valence-electron chi connectivity index (χ2n) is 2.61. The third-order valence-corrected chi connectivity index (χ3v) is 1.83. The largest absolute Gasteiger partial charge is 0.384 e. The number of rotatable bonds is 4. The molecule has 0 aromatic rings. The molecule has 14 heavy (non-hydrogen) atoms. The minimum absolute atomic E-state index is 0.839. The van der Waals surface area contributed by atoms with E-state index in [9.17, 15) is 30.7 Å². The molecule has 0 N–H and O–H groups in total. The summed E-state index contributed by atoms with van der Waals surface area (Å²) in [5.41, 5.74) is 0. The van der Waals surface area contributed by atoms with Crippen LogP contribution in [0.3, 0.4) is 0 Å². The van der Waals surface area contributed by atoms with Crippen molar-refractivity contribution in [2.75, 3.05) is 0 Å². The third-order valence-electron chi connectivity index (χ3n) is 1.55. The zero-order chi connectivity index (χ0) is 11.8. The van der Waals surface area contributed by atoms with Gasteiger partial charge in [-0.2, -0.15) is 26.3 Å². The quantitative estimate of drug-likeness (QED) is 0.567. The van der Waals surface area contributed by atoms with Gasteiger partial charge in [0.1, 0.15) is 0 Å². The molecule has 0 bridgehead atoms. The average molecular weight is 244 g/mol. The van der Waals surface area contributed by atoms with Crippen molar-refractivity contribution in [1.82, 2.24) is 0 Å². The lowest BCUT2D eigenvalue weighted by Gasteiger charge is -2.31. The molecule has 0 rings (SSSR count). The van der Waals surface area contributed by atoms with Gasteiger partial charge in [0.2, 0.25) is 0 Å². The predicted molar refractivity (Wildman–Crippen MR) is 39.0 cm³/mol. The molecule has 8 heteroatoms. The Bertz CT molecular complexity index is 197. The lowest BCUT2D eigenvalue weighted by molar-refractivity contribution is -0.295. The highest BCUT2D eigenvalue weighted by Gasteiger charge is 2.72. The zero-order valence-electron chi connectivity index (χ0n) is 6.88. The van der Waals surface area contributed by atoms with Crippen LogP contribution >= 0.6 is 12.6 Å². The molecule has 0 aliphatic rings. The molecule has 0 fully saturated rings. The second kappa shape index (κ2) is 3.79. The normalized spacial score (nSPS) is 16.9. The summed E-state index contributed by atoms with van der Waals surface area (Å²) < 4.78 is 85.8. The fourth-order valence-electron chi connectivity index (χ4n) is 0.654. The van der Waals surface area contributed by atoms with Crippen LogP contribution < -0.4 is 0 Å². The Kier molecular flexibility index (Phi) is 3.75. The summed E-state index contributed by atoms with van der Waals surface area (Å²) in [7, 11) is 0. The van der Waals surface area contributed by atoms with Gasteiger partial charge in [-0.3, -0.25) is 0 Å². The highest BCUT2D eigenvalue weighted by Crippen LogP contribution is 2.50. The minimum Gasteiger partial charge on any atom is -0.241 e. The first-order valence-corrected chi connectivity index (χ1v) is 3.93. The molecule has 0 amide bonds. The van der Waals surface area contributed by atoms with Crippen molar-refractivity contribution in [3.05, 3.63) is 0 Å². The molecule has 1 atom stereocenters. The second-order valence-corrected chi connectivity index (χ2v) is 3.18. The number of halogens is 7. The smallest absolute Gasteiger partial charge is 0.241 e. The standard InChI is InChI=1S/C6H7F7S/c1-2-3(7)4(8,9)5(10,11)6(12,13)14/h3,14H,2H2,1H3. The van der Waals surface area contributed by atoms with Gasteiger partial charge < -0.3 is 0 Å². The van der Waals surface area contributed by atoms with Crippen molar-refractivity contribution in [3.63, 3.8) is 0 Å². The van der Waals surface area contributed by atoms with Crippen molar-refractivity contribution in [2.45, 2.75) is 36.6 Å². The predicted octanol–water partition coefficient (Wildman–Crippen LogP) is 3.53. The topological polar surface area (TPSA) is 0 Å². The van der Waals surface area contributed by atoms with Gasteiger partial charge >= 0.3 is 17.1 Å². The van der Waals surface area contributed by atoms with E-state index in [2.05, 4.69) is 0 Å². The molecule has 0 aliphatic carbocycles. The minimum atomic E-state index is -5.82. The van der Waals surface area contributed by atoms with Crippen LogP contribution in [0.15, 0.2) is 0 Å². The van der Waals surface area contributed by atoms with Gasteiger partial charge in [0.05, 0.1) is 0 Å². The molecule has 86 valence electrons. The van der Waals surface area contributed by atoms with Crippen molar-refractivity contribution in [2.24, 2.45) is 0 Å². The summed E-state index contributed by atoms with van der Waals surface area (Å²) in [6.07, 6.45) is -4.33. The Morgan fingerprint density at radius 1 is 1.07 bits per heavy atom. The molecular formula is C6H7F7S. The van der Waals surface area contributed by atoms with Crippen LogP contribution in [0.25, 0.3) is 0 Å². The van der Waals surface area contributed by atoms with Crippen molar-refractivity contribution < 1.29 is 30.7 Å². The molecule has 0 aromatic carbocycles. The van der Waals surface area contributed by atoms with Crippen LogP contribution in [0.2, 0.25) is 0 Å². The van der Waals surface area contributed by atoms with E-state index in [0.717, 1.165) is 6.92 Å². The highest BCUT2D eigenvalue weighted by atomic mass is 32.1. The maximum absolute atomic E-state index is 12.4. The first kappa shape index (κ1) is 13.9. The molecule has 0 nitrogen and oxygen atoms in total. The maximum Gasteiger partial charge on any atom is 0.384 e. The van der Waals surface area contributed by atoms with E-state index in [1.54, 1.807) is 0 Å². The average Bonchev–Trinajstić information content (AvgIpc) is 2.00. The number of alkyl halides is 7. The summed E-state index contributed by atoms with van der Waals surface area (Å²) in [5.74, 6) is -11.3. The van der Waals surface area contributed by atoms with E-state index in [0.29, 0.717) is 0 Å². The van der Waals surface area contributed by atoms with Crippen LogP contribution in [-0.4, -0.2) is 23.3 Å². The van der Waals surface area contributed by atoms with Gasteiger partial charge in [-0.15, -0.1) is 0 Å². The molecule has 0 saturated carbocycles. The lowest BCUT2D eigenvalue weighted by atomic mass is 10.1. The molecule has 0 spiro atoms. The molecule has 0 heterocycles. The molecule has 0 aromatic heterocycles. The van der Waals surface area contributed by atoms with E-state index in [1.165, 1.54) is 0 Å². The van der Waals surface area contributed by atoms with Gasteiger partial charge in [-0.05, 0) is 6.42 Å². The van der Waals surface area contributed by atoms with Crippen LogP contribution in [0, 0.1) is 0 Å². The van der Waals surface area contributed by atoms with Crippen LogP contribution in [0.4, 0.5) is 30.7 Å². The SMILES string of the molecule is CCC(F)C(F)(F)C(F)(F)C(F)(F)S. The Morgan fingerprint density at radius 2 is 1.43 bits per heavy atom. The highest BCUT2D eigenvalue weighted by molar-refractivity contribution is 7.81. The molecular weight excluding hydrogens is 237 g/mol. The van der Waals surface area contributed by atoms with E-state index in [4.69, 9.17) is 0 Å². The molecule has 1 unspecified atom stereocenters. The summed E-state index contributed by atoms with van der Waals surface area (Å²) in [4.78, 5) is 0. The summed E-state index contributed by atoms with van der Waals surface area (Å²) in [5, 5.41) is -5.27. The van der Waals surface area contributed by atoms with Crippen molar-refractivity contribution >= 4 is 12.6 Å². The Hall–Kier alpha value is -0.140. The van der Waals surface area contributed by atoms with Gasteiger partial charge in [0.25, 0.3) is 0 Å². The van der Waals surface area contributed by atoms with Gasteiger partial charge in [0, 0.05) is 0 Å². The maximum atomic E-state index is 12.4. The number of hydrogen-bond donors (Lipinski definition) is 1. The first-order valence-electron chi connectivity index (χ1n) is 3.48. The summed E-state index contributed by atoms with van der Waals surface area (Å²) in [6.45, 7) is 0.839. The van der Waals surface area contributed by atoms with E-state index < -0.39 is 29.7 Å². The molecule has 0 radical (unpaired) electrons. The Morgan fingerprint density at radius 3 is 1.64 bits per heavy atom. The molecule has 0 aliphatic heterocycles. The summed E-state index contributed by atoms with van der Waals surface area (Å²) >= 11 is 2.03. The zero-order valence-corrected chi connectivity index (χ0v) is 7.77. The van der Waals surface area contributed by atoms with Gasteiger partial charge in [-0.1, -0.05) is 19.6 Å². The van der Waals surface area contributed by atoms with Crippen LogP contribution in [-0.2, 0) is 0 Å². The van der Waals surface area contributed by atoms with Gasteiger partial charge in [0.15, 0.2) is 6.17 Å². The Balaban J connectivity index is 5.07. The monoisotopic (exact) mass is 244 g/mol. The molecule has 0 saturated heterocycles. The van der Waals surface area contributed by atoms with E-state index in [-0.39, 0.29) is 0 Å². The van der Waals surface area contributed by atoms with E-state index >= 15 is 0 Å². The van der Waals surface area contributed by atoms with Crippen molar-refractivity contribution in [1.29, 1.82) is 0 Å². The number of thiol groups is 1. The summed E-state index contributed by atoms with van der Waals surface area (Å²) in [6, 6.07) is 0. The van der Waals surface area contributed by atoms with Crippen LogP contribution in [0.5, 0.6) is 0 Å². The third kappa shape index (κ3) is 2.09.